The lowest BCUT2D eigenvalue weighted by Gasteiger charge is -1.98. The molecule has 1 rings (SSSR count). The molecule has 0 aliphatic carbocycles. The van der Waals surface area contributed by atoms with Crippen LogP contribution >= 0.6 is 11.6 Å². The number of hydrogen-bond donors (Lipinski definition) is 0. The summed E-state index contributed by atoms with van der Waals surface area (Å²) in [6, 6.07) is 5.00. The molecular weight excluding hydrogens is 167 g/mol. The Morgan fingerprint density at radius 2 is 2.20 bits per heavy atom. The van der Waals surface area contributed by atoms with Crippen molar-refractivity contribution in [3.05, 3.63) is 34.6 Å². The van der Waals surface area contributed by atoms with Crippen LogP contribution in [0.3, 0.4) is 0 Å². The van der Waals surface area contributed by atoms with E-state index in [1.807, 2.05) is 0 Å². The van der Waals surface area contributed by atoms with E-state index >= 15 is 0 Å². The molecule has 0 heterocycles. The van der Waals surface area contributed by atoms with Gasteiger partial charge in [0.2, 0.25) is 0 Å². The van der Waals surface area contributed by atoms with E-state index in [0.717, 1.165) is 5.56 Å². The molecule has 0 nitrogen and oxygen atoms in total. The Kier molecular flexibility index (Phi) is 2.46. The Bertz CT molecular complexity index is 237. The first-order valence-corrected chi connectivity index (χ1v) is 3.91. The topological polar surface area (TPSA) is 0 Å². The van der Waals surface area contributed by atoms with Gasteiger partial charge in [-0.1, -0.05) is 17.7 Å². The number of benzene rings is 1. The van der Waals surface area contributed by atoms with Gasteiger partial charge in [0, 0.05) is 15.3 Å². The molecule has 10 heavy (non-hydrogen) atoms. The third kappa shape index (κ3) is 1.58. The molecule has 0 saturated carbocycles. The van der Waals surface area contributed by atoms with Crippen molar-refractivity contribution in [3.63, 3.8) is 0 Å². The fourth-order valence-electron chi connectivity index (χ4n) is 0.665. The van der Waals surface area contributed by atoms with Gasteiger partial charge in [-0.2, -0.15) is 0 Å². The largest absolute Gasteiger partial charge is 0.207 e. The second-order valence-electron chi connectivity index (χ2n) is 1.91. The fourth-order valence-corrected chi connectivity index (χ4v) is 1.32. The van der Waals surface area contributed by atoms with Gasteiger partial charge >= 0.3 is 0 Å². The molecule has 0 aliphatic rings. The van der Waals surface area contributed by atoms with E-state index in [2.05, 4.69) is 10.2 Å². The van der Waals surface area contributed by atoms with Crippen LogP contribution in [0.1, 0.15) is 5.56 Å². The molecule has 0 amide bonds. The normalized spacial score (nSPS) is 9.90. The average molecular weight is 172 g/mol. The van der Waals surface area contributed by atoms with Gasteiger partial charge in [0.05, 0.1) is 0 Å². The second kappa shape index (κ2) is 3.17. The molecule has 0 spiro atoms. The van der Waals surface area contributed by atoms with Gasteiger partial charge in [0.1, 0.15) is 5.82 Å². The highest BCUT2D eigenvalue weighted by Crippen LogP contribution is 2.16. The van der Waals surface area contributed by atoms with Crippen molar-refractivity contribution >= 4 is 21.8 Å². The van der Waals surface area contributed by atoms with Crippen molar-refractivity contribution in [2.24, 2.45) is 0 Å². The first-order chi connectivity index (χ1) is 4.74. The van der Waals surface area contributed by atoms with Crippen LogP contribution in [-0.2, 0) is 6.04 Å². The van der Waals surface area contributed by atoms with Crippen LogP contribution in [0.15, 0.2) is 18.2 Å². The minimum Gasteiger partial charge on any atom is -0.207 e. The summed E-state index contributed by atoms with van der Waals surface area (Å²) in [5.74, 6) is -0.297. The molecule has 0 bridgehead atoms. The van der Waals surface area contributed by atoms with E-state index in [4.69, 9.17) is 11.6 Å². The van der Waals surface area contributed by atoms with E-state index in [1.165, 1.54) is 12.1 Å². The zero-order valence-corrected chi connectivity index (χ0v) is 6.95. The minimum atomic E-state index is -0.297. The summed E-state index contributed by atoms with van der Waals surface area (Å²) in [4.78, 5) is 0. The van der Waals surface area contributed by atoms with Crippen LogP contribution in [0.25, 0.3) is 0 Å². The lowest BCUT2D eigenvalue weighted by molar-refractivity contribution is 0.627. The molecule has 0 saturated heterocycles. The zero-order chi connectivity index (χ0) is 7.56. The first-order valence-electron chi connectivity index (χ1n) is 2.82. The summed E-state index contributed by atoms with van der Waals surface area (Å²) in [5, 5.41) is 0.468. The molecule has 0 unspecified atom stereocenters. The Morgan fingerprint density at radius 1 is 1.50 bits per heavy atom. The molecule has 0 fully saturated rings. The van der Waals surface area contributed by atoms with Gasteiger partial charge in [-0.15, -0.1) is 0 Å². The van der Waals surface area contributed by atoms with Gasteiger partial charge in [-0.3, -0.25) is 0 Å². The SMILES string of the molecule is Fc1ccc(C[Si])c(Cl)c1. The van der Waals surface area contributed by atoms with Gasteiger partial charge in [0.15, 0.2) is 0 Å². The fraction of sp³-hybridized carbons (Fsp3) is 0.143. The monoisotopic (exact) mass is 171 g/mol. The molecule has 0 aliphatic heterocycles. The summed E-state index contributed by atoms with van der Waals surface area (Å²) in [7, 11) is 3.27. The lowest BCUT2D eigenvalue weighted by atomic mass is 10.2. The van der Waals surface area contributed by atoms with E-state index in [9.17, 15) is 4.39 Å². The van der Waals surface area contributed by atoms with Crippen LogP contribution in [0.4, 0.5) is 4.39 Å². The van der Waals surface area contributed by atoms with E-state index in [0.29, 0.717) is 11.1 Å². The third-order valence-electron chi connectivity index (χ3n) is 1.21. The van der Waals surface area contributed by atoms with E-state index in [1.54, 1.807) is 6.07 Å². The molecule has 0 N–H and O–H groups in total. The lowest BCUT2D eigenvalue weighted by Crippen LogP contribution is -1.85. The molecule has 51 valence electrons. The van der Waals surface area contributed by atoms with Crippen LogP contribution < -0.4 is 0 Å². The molecular formula is C7H5ClFSi. The highest BCUT2D eigenvalue weighted by molar-refractivity contribution is 6.31. The van der Waals surface area contributed by atoms with Crippen LogP contribution in [0, 0.1) is 5.82 Å². The maximum absolute atomic E-state index is 12.4. The maximum Gasteiger partial charge on any atom is 0.124 e. The van der Waals surface area contributed by atoms with Gasteiger partial charge < -0.3 is 0 Å². The van der Waals surface area contributed by atoms with E-state index in [-0.39, 0.29) is 5.82 Å². The molecule has 3 radical (unpaired) electrons. The highest BCUT2D eigenvalue weighted by atomic mass is 35.5. The molecule has 3 heteroatoms. The molecule has 1 aromatic carbocycles. The summed E-state index contributed by atoms with van der Waals surface area (Å²) >= 11 is 5.66. The maximum atomic E-state index is 12.4. The van der Waals surface area contributed by atoms with Crippen LogP contribution in [0.5, 0.6) is 0 Å². The Balaban J connectivity index is 3.07. The molecule has 0 aromatic heterocycles. The Hall–Kier alpha value is -0.343. The highest BCUT2D eigenvalue weighted by Gasteiger charge is 1.97. The van der Waals surface area contributed by atoms with Crippen molar-refractivity contribution in [2.75, 3.05) is 0 Å². The zero-order valence-electron chi connectivity index (χ0n) is 5.20. The second-order valence-corrected chi connectivity index (χ2v) is 2.67. The van der Waals surface area contributed by atoms with E-state index < -0.39 is 0 Å². The van der Waals surface area contributed by atoms with Crippen LogP contribution in [-0.4, -0.2) is 10.2 Å². The van der Waals surface area contributed by atoms with Gasteiger partial charge in [-0.25, -0.2) is 4.39 Å². The predicted octanol–water partition coefficient (Wildman–Crippen LogP) is 2.15. The predicted molar refractivity (Wildman–Crippen MR) is 40.9 cm³/mol. The minimum absolute atomic E-state index is 0.297. The smallest absolute Gasteiger partial charge is 0.124 e. The van der Waals surface area contributed by atoms with Gasteiger partial charge in [-0.05, 0) is 23.7 Å². The Labute approximate surface area is 67.4 Å². The molecule has 0 atom stereocenters. The summed E-state index contributed by atoms with van der Waals surface area (Å²) in [5.41, 5.74) is 0.903. The van der Waals surface area contributed by atoms with Crippen molar-refractivity contribution in [1.82, 2.24) is 0 Å². The quantitative estimate of drug-likeness (QED) is 0.568. The van der Waals surface area contributed by atoms with Crippen molar-refractivity contribution in [3.8, 4) is 0 Å². The number of rotatable bonds is 1. The number of halogens is 2. The van der Waals surface area contributed by atoms with Crippen molar-refractivity contribution in [1.29, 1.82) is 0 Å². The standard InChI is InChI=1S/C7H5ClFSi/c8-7-3-6(9)2-1-5(7)4-10/h1-3H,4H2. The third-order valence-corrected chi connectivity index (χ3v) is 1.94. The molecule has 1 aromatic rings. The van der Waals surface area contributed by atoms with Crippen molar-refractivity contribution < 1.29 is 4.39 Å². The summed E-state index contributed by atoms with van der Waals surface area (Å²) in [6.45, 7) is 0. The van der Waals surface area contributed by atoms with Crippen molar-refractivity contribution in [2.45, 2.75) is 6.04 Å². The average Bonchev–Trinajstić information content (AvgIpc) is 1.88. The number of hydrogen-bond acceptors (Lipinski definition) is 0. The van der Waals surface area contributed by atoms with Gasteiger partial charge in [0.25, 0.3) is 0 Å². The summed E-state index contributed by atoms with van der Waals surface area (Å²) in [6.07, 6.45) is 0. The van der Waals surface area contributed by atoms with Crippen LogP contribution in [0.2, 0.25) is 5.02 Å². The Morgan fingerprint density at radius 3 is 2.70 bits per heavy atom. The first kappa shape index (κ1) is 7.76. The summed E-state index contributed by atoms with van der Waals surface area (Å²) < 4.78 is 12.4.